The molecule has 78 valence electrons. The number of hydrogen-bond acceptors (Lipinski definition) is 2. The summed E-state index contributed by atoms with van der Waals surface area (Å²) in [6.45, 7) is 6.38. The molecule has 14 heavy (non-hydrogen) atoms. The van der Waals surface area contributed by atoms with E-state index >= 15 is 0 Å². The molecule has 1 aromatic rings. The van der Waals surface area contributed by atoms with Gasteiger partial charge in [-0.05, 0) is 39.2 Å². The highest BCUT2D eigenvalue weighted by molar-refractivity contribution is 5.29. The van der Waals surface area contributed by atoms with Crippen molar-refractivity contribution in [1.29, 1.82) is 0 Å². The molecule has 1 heterocycles. The third kappa shape index (κ3) is 1.46. The number of aromatic nitrogens is 2. The second-order valence-corrected chi connectivity index (χ2v) is 4.45. The second kappa shape index (κ2) is 3.39. The van der Waals surface area contributed by atoms with Crippen molar-refractivity contribution >= 4 is 0 Å². The van der Waals surface area contributed by atoms with Crippen LogP contribution in [0.5, 0.6) is 0 Å². The lowest BCUT2D eigenvalue weighted by Crippen LogP contribution is -2.18. The van der Waals surface area contributed by atoms with Gasteiger partial charge in [0.25, 0.3) is 0 Å². The van der Waals surface area contributed by atoms with Gasteiger partial charge >= 0.3 is 0 Å². The Bertz CT molecular complexity index is 341. The molecule has 0 spiro atoms. The summed E-state index contributed by atoms with van der Waals surface area (Å²) in [6, 6.07) is 0.415. The molecule has 0 bridgehead atoms. The molecule has 1 aliphatic carbocycles. The molecule has 1 unspecified atom stereocenters. The Morgan fingerprint density at radius 3 is 2.86 bits per heavy atom. The first-order chi connectivity index (χ1) is 6.59. The van der Waals surface area contributed by atoms with Gasteiger partial charge in [0.1, 0.15) is 0 Å². The van der Waals surface area contributed by atoms with Gasteiger partial charge in [-0.15, -0.1) is 0 Å². The van der Waals surface area contributed by atoms with Crippen LogP contribution in [-0.2, 0) is 12.8 Å². The summed E-state index contributed by atoms with van der Waals surface area (Å²) in [5.41, 5.74) is 3.70. The maximum atomic E-state index is 9.59. The summed E-state index contributed by atoms with van der Waals surface area (Å²) in [6.07, 6.45) is 2.41. The van der Waals surface area contributed by atoms with E-state index in [0.717, 1.165) is 19.3 Å². The minimum absolute atomic E-state index is 0.161. The Morgan fingerprint density at radius 2 is 2.21 bits per heavy atom. The van der Waals surface area contributed by atoms with E-state index in [0.29, 0.717) is 6.04 Å². The highest BCUT2D eigenvalue weighted by atomic mass is 16.3. The number of aliphatic hydroxyl groups excluding tert-OH is 1. The zero-order valence-corrected chi connectivity index (χ0v) is 9.12. The van der Waals surface area contributed by atoms with Gasteiger partial charge in [0.05, 0.1) is 11.8 Å². The molecule has 0 radical (unpaired) electrons. The standard InChI is InChI=1S/C11H18N2O/c1-7(2)13-8(3)10-6-9(14)4-5-11(10)12-13/h7,9,14H,4-6H2,1-3H3. The third-order valence-corrected chi connectivity index (χ3v) is 3.00. The monoisotopic (exact) mass is 194 g/mol. The predicted molar refractivity (Wildman–Crippen MR) is 55.4 cm³/mol. The fraction of sp³-hybridized carbons (Fsp3) is 0.727. The average Bonchev–Trinajstić information content (AvgIpc) is 2.44. The zero-order valence-electron chi connectivity index (χ0n) is 9.12. The number of aliphatic hydroxyl groups is 1. The maximum Gasteiger partial charge on any atom is 0.0661 e. The van der Waals surface area contributed by atoms with Crippen molar-refractivity contribution in [3.05, 3.63) is 17.0 Å². The van der Waals surface area contributed by atoms with Gasteiger partial charge < -0.3 is 5.11 Å². The lowest BCUT2D eigenvalue weighted by atomic mass is 9.94. The maximum absolute atomic E-state index is 9.59. The van der Waals surface area contributed by atoms with Crippen molar-refractivity contribution < 1.29 is 5.11 Å². The van der Waals surface area contributed by atoms with E-state index in [-0.39, 0.29) is 6.10 Å². The molecule has 3 heteroatoms. The van der Waals surface area contributed by atoms with Crippen molar-refractivity contribution in [3.63, 3.8) is 0 Å². The van der Waals surface area contributed by atoms with Crippen molar-refractivity contribution in [2.45, 2.75) is 52.2 Å². The lowest BCUT2D eigenvalue weighted by Gasteiger charge is -2.16. The van der Waals surface area contributed by atoms with Crippen LogP contribution in [0.25, 0.3) is 0 Å². The lowest BCUT2D eigenvalue weighted by molar-refractivity contribution is 0.158. The molecular formula is C11H18N2O. The van der Waals surface area contributed by atoms with Crippen LogP contribution in [0.2, 0.25) is 0 Å². The summed E-state index contributed by atoms with van der Waals surface area (Å²) in [5.74, 6) is 0. The molecule has 3 nitrogen and oxygen atoms in total. The Morgan fingerprint density at radius 1 is 1.50 bits per heavy atom. The normalized spacial score (nSPS) is 21.4. The van der Waals surface area contributed by atoms with E-state index in [2.05, 4.69) is 30.6 Å². The largest absolute Gasteiger partial charge is 0.393 e. The molecule has 1 N–H and O–H groups in total. The smallest absolute Gasteiger partial charge is 0.0661 e. The van der Waals surface area contributed by atoms with Crippen LogP contribution >= 0.6 is 0 Å². The first-order valence-corrected chi connectivity index (χ1v) is 5.34. The molecule has 0 aliphatic heterocycles. The molecule has 0 aromatic carbocycles. The molecule has 0 amide bonds. The summed E-state index contributed by atoms with van der Waals surface area (Å²) in [4.78, 5) is 0. The molecule has 2 rings (SSSR count). The van der Waals surface area contributed by atoms with E-state index in [1.54, 1.807) is 0 Å². The van der Waals surface area contributed by atoms with Gasteiger partial charge in [-0.25, -0.2) is 0 Å². The van der Waals surface area contributed by atoms with Crippen molar-refractivity contribution in [2.75, 3.05) is 0 Å². The zero-order chi connectivity index (χ0) is 10.3. The van der Waals surface area contributed by atoms with Crippen molar-refractivity contribution in [1.82, 2.24) is 9.78 Å². The van der Waals surface area contributed by atoms with Crippen LogP contribution in [0, 0.1) is 6.92 Å². The predicted octanol–water partition coefficient (Wildman–Crippen LogP) is 1.62. The summed E-state index contributed by atoms with van der Waals surface area (Å²) in [5, 5.41) is 14.2. The molecule has 0 saturated heterocycles. The molecule has 0 fully saturated rings. The second-order valence-electron chi connectivity index (χ2n) is 4.45. The van der Waals surface area contributed by atoms with Crippen LogP contribution in [0.3, 0.4) is 0 Å². The fourth-order valence-electron chi connectivity index (χ4n) is 2.22. The van der Waals surface area contributed by atoms with Crippen LogP contribution in [0.4, 0.5) is 0 Å². The molecule has 1 atom stereocenters. The van der Waals surface area contributed by atoms with E-state index in [9.17, 15) is 5.11 Å². The van der Waals surface area contributed by atoms with Crippen LogP contribution in [0.1, 0.15) is 43.3 Å². The Kier molecular flexibility index (Phi) is 2.35. The third-order valence-electron chi connectivity index (χ3n) is 3.00. The highest BCUT2D eigenvalue weighted by Crippen LogP contribution is 2.25. The molecular weight excluding hydrogens is 176 g/mol. The van der Waals surface area contributed by atoms with Gasteiger partial charge in [-0.2, -0.15) is 5.10 Å². The van der Waals surface area contributed by atoms with Gasteiger partial charge in [0.15, 0.2) is 0 Å². The molecule has 0 saturated carbocycles. The average molecular weight is 194 g/mol. The Hall–Kier alpha value is -0.830. The van der Waals surface area contributed by atoms with Gasteiger partial charge in [0, 0.05) is 18.2 Å². The number of hydrogen-bond donors (Lipinski definition) is 1. The minimum Gasteiger partial charge on any atom is -0.393 e. The fourth-order valence-corrected chi connectivity index (χ4v) is 2.22. The van der Waals surface area contributed by atoms with E-state index < -0.39 is 0 Å². The van der Waals surface area contributed by atoms with Crippen LogP contribution in [-0.4, -0.2) is 21.0 Å². The number of nitrogens with zero attached hydrogens (tertiary/aromatic N) is 2. The summed E-state index contributed by atoms with van der Waals surface area (Å²) in [7, 11) is 0. The number of rotatable bonds is 1. The first-order valence-electron chi connectivity index (χ1n) is 5.34. The van der Waals surface area contributed by atoms with Gasteiger partial charge in [-0.3, -0.25) is 4.68 Å². The number of fused-ring (bicyclic) bond motifs is 1. The first kappa shape index (κ1) is 9.71. The van der Waals surface area contributed by atoms with Gasteiger partial charge in [-0.1, -0.05) is 0 Å². The van der Waals surface area contributed by atoms with Crippen molar-refractivity contribution in [2.24, 2.45) is 0 Å². The van der Waals surface area contributed by atoms with E-state index in [1.165, 1.54) is 17.0 Å². The molecule has 1 aliphatic rings. The summed E-state index contributed by atoms with van der Waals surface area (Å²) >= 11 is 0. The highest BCUT2D eigenvalue weighted by Gasteiger charge is 2.23. The van der Waals surface area contributed by atoms with E-state index in [4.69, 9.17) is 0 Å². The molecule has 1 aromatic heterocycles. The topological polar surface area (TPSA) is 38.0 Å². The quantitative estimate of drug-likeness (QED) is 0.737. The summed E-state index contributed by atoms with van der Waals surface area (Å²) < 4.78 is 2.07. The van der Waals surface area contributed by atoms with Crippen molar-refractivity contribution in [3.8, 4) is 0 Å². The van der Waals surface area contributed by atoms with Gasteiger partial charge in [0.2, 0.25) is 0 Å². The SMILES string of the molecule is Cc1c2c(nn1C(C)C)CCC(O)C2. The number of aryl methyl sites for hydroxylation is 1. The Balaban J connectivity index is 2.41. The van der Waals surface area contributed by atoms with E-state index in [1.807, 2.05) is 0 Å². The Labute approximate surface area is 84.7 Å². The van der Waals surface area contributed by atoms with Crippen LogP contribution in [0.15, 0.2) is 0 Å². The minimum atomic E-state index is -0.161. The van der Waals surface area contributed by atoms with Crippen LogP contribution < -0.4 is 0 Å².